The Balaban J connectivity index is 1.44. The molecule has 148 valence electrons. The molecule has 1 aromatic heterocycles. The van der Waals surface area contributed by atoms with Gasteiger partial charge in [0.05, 0.1) is 6.10 Å². The van der Waals surface area contributed by atoms with Gasteiger partial charge in [-0.1, -0.05) is 0 Å². The Bertz CT molecular complexity index is 790. The van der Waals surface area contributed by atoms with Crippen molar-refractivity contribution in [1.82, 2.24) is 9.88 Å². The maximum atomic E-state index is 10.1. The molecule has 1 saturated carbocycles. The van der Waals surface area contributed by atoms with Crippen molar-refractivity contribution in [2.45, 2.75) is 62.9 Å². The van der Waals surface area contributed by atoms with Crippen molar-refractivity contribution < 1.29 is 24.8 Å². The van der Waals surface area contributed by atoms with E-state index in [1.165, 1.54) is 18.4 Å². The zero-order chi connectivity index (χ0) is 19.1. The Labute approximate surface area is 158 Å². The van der Waals surface area contributed by atoms with Crippen LogP contribution in [0.2, 0.25) is 0 Å². The molecule has 2 aromatic rings. The predicted molar refractivity (Wildman–Crippen MR) is 101 cm³/mol. The summed E-state index contributed by atoms with van der Waals surface area (Å²) >= 11 is 0. The third kappa shape index (κ3) is 3.83. The second-order valence-corrected chi connectivity index (χ2v) is 7.78. The second kappa shape index (κ2) is 7.41. The van der Waals surface area contributed by atoms with E-state index < -0.39 is 30.7 Å². The molecule has 5 atom stereocenters. The van der Waals surface area contributed by atoms with Crippen LogP contribution >= 0.6 is 0 Å². The smallest absolute Gasteiger partial charge is 0.229 e. The minimum absolute atomic E-state index is 0.533. The van der Waals surface area contributed by atoms with Gasteiger partial charge in [0.1, 0.15) is 24.1 Å². The number of aromatic amines is 1. The highest BCUT2D eigenvalue weighted by Crippen LogP contribution is 2.29. The molecule has 5 unspecified atom stereocenters. The van der Waals surface area contributed by atoms with E-state index in [-0.39, 0.29) is 0 Å². The number of likely N-dealkylation sites (N-methyl/N-ethyl adjacent to an activating group) is 1. The van der Waals surface area contributed by atoms with Crippen molar-refractivity contribution in [1.29, 1.82) is 0 Å². The number of aliphatic hydroxyl groups is 3. The van der Waals surface area contributed by atoms with Gasteiger partial charge in [-0.2, -0.15) is 0 Å². The van der Waals surface area contributed by atoms with E-state index in [4.69, 9.17) is 9.47 Å². The highest BCUT2D eigenvalue weighted by molar-refractivity contribution is 5.84. The third-order valence-electron chi connectivity index (χ3n) is 5.70. The maximum absolute atomic E-state index is 10.1. The molecule has 7 nitrogen and oxygen atoms in total. The fourth-order valence-electron chi connectivity index (χ4n) is 3.69. The lowest BCUT2D eigenvalue weighted by Gasteiger charge is -2.38. The van der Waals surface area contributed by atoms with Crippen molar-refractivity contribution in [2.24, 2.45) is 0 Å². The molecular formula is C20H28N2O5. The first-order valence-electron chi connectivity index (χ1n) is 9.60. The number of ether oxygens (including phenoxy) is 2. The summed E-state index contributed by atoms with van der Waals surface area (Å²) in [6.07, 6.45) is 0.224. The number of nitrogens with zero attached hydrogens (tertiary/aromatic N) is 1. The van der Waals surface area contributed by atoms with Crippen LogP contribution in [0.3, 0.4) is 0 Å². The van der Waals surface area contributed by atoms with Gasteiger partial charge in [0.15, 0.2) is 0 Å². The lowest BCUT2D eigenvalue weighted by Crippen LogP contribution is -2.58. The highest BCUT2D eigenvalue weighted by atomic mass is 16.7. The van der Waals surface area contributed by atoms with Gasteiger partial charge in [-0.05, 0) is 50.9 Å². The lowest BCUT2D eigenvalue weighted by molar-refractivity contribution is -0.268. The van der Waals surface area contributed by atoms with Crippen LogP contribution in [0.15, 0.2) is 24.4 Å². The standard InChI is InChI=1S/C20H28N2O5/c1-11-17(23)18(24)19(25)20(26-11)27-14-5-6-15-12(10-21-16(15)9-14)7-8-22(2)13-3-4-13/h5-6,9-11,13,17-21,23-25H,3-4,7-8H2,1-2H3. The molecule has 2 aliphatic rings. The van der Waals surface area contributed by atoms with Crippen molar-refractivity contribution in [3.05, 3.63) is 30.0 Å². The van der Waals surface area contributed by atoms with E-state index in [9.17, 15) is 15.3 Å². The Morgan fingerprint density at radius 2 is 1.96 bits per heavy atom. The second-order valence-electron chi connectivity index (χ2n) is 7.78. The molecule has 0 spiro atoms. The minimum atomic E-state index is -1.32. The summed E-state index contributed by atoms with van der Waals surface area (Å²) in [6.45, 7) is 2.67. The first kappa shape index (κ1) is 18.7. The first-order valence-corrected chi connectivity index (χ1v) is 9.60. The third-order valence-corrected chi connectivity index (χ3v) is 5.70. The molecule has 1 aromatic carbocycles. The monoisotopic (exact) mass is 376 g/mol. The number of rotatable bonds is 6. The maximum Gasteiger partial charge on any atom is 0.229 e. The molecule has 0 amide bonds. The van der Waals surface area contributed by atoms with Gasteiger partial charge in [0, 0.05) is 35.8 Å². The topological polar surface area (TPSA) is 98.2 Å². The molecule has 1 aliphatic heterocycles. The number of fused-ring (bicyclic) bond motifs is 1. The highest BCUT2D eigenvalue weighted by Gasteiger charge is 2.43. The van der Waals surface area contributed by atoms with Crippen LogP contribution in [-0.4, -0.2) is 75.5 Å². The van der Waals surface area contributed by atoms with Crippen molar-refractivity contribution in [3.8, 4) is 5.75 Å². The Hall–Kier alpha value is -1.64. The summed E-state index contributed by atoms with van der Waals surface area (Å²) in [6, 6.07) is 6.45. The Kier molecular flexibility index (Phi) is 5.13. The van der Waals surface area contributed by atoms with Gasteiger partial charge in [0.2, 0.25) is 6.29 Å². The molecule has 7 heteroatoms. The summed E-state index contributed by atoms with van der Waals surface area (Å²) in [5, 5.41) is 30.9. The van der Waals surface area contributed by atoms with Crippen LogP contribution in [0.1, 0.15) is 25.3 Å². The van der Waals surface area contributed by atoms with Crippen LogP contribution in [-0.2, 0) is 11.2 Å². The van der Waals surface area contributed by atoms with Crippen molar-refractivity contribution >= 4 is 10.9 Å². The van der Waals surface area contributed by atoms with Crippen LogP contribution in [0.25, 0.3) is 10.9 Å². The van der Waals surface area contributed by atoms with E-state index in [2.05, 4.69) is 16.9 Å². The SMILES string of the molecule is CC1OC(Oc2ccc3c(CCN(C)C4CC4)c[nH]c3c2)C(O)C(O)C1O. The Morgan fingerprint density at radius 3 is 2.70 bits per heavy atom. The summed E-state index contributed by atoms with van der Waals surface area (Å²) in [5.74, 6) is 0.533. The number of benzene rings is 1. The van der Waals surface area contributed by atoms with E-state index in [0.29, 0.717) is 5.75 Å². The van der Waals surface area contributed by atoms with Crippen LogP contribution < -0.4 is 4.74 Å². The molecule has 0 radical (unpaired) electrons. The fourth-order valence-corrected chi connectivity index (χ4v) is 3.69. The normalized spacial score (nSPS) is 31.6. The van der Waals surface area contributed by atoms with Crippen molar-refractivity contribution in [2.75, 3.05) is 13.6 Å². The molecule has 1 saturated heterocycles. The predicted octanol–water partition coefficient (Wildman–Crippen LogP) is 1.01. The molecule has 2 fully saturated rings. The van der Waals surface area contributed by atoms with E-state index in [1.54, 1.807) is 6.92 Å². The van der Waals surface area contributed by atoms with Crippen LogP contribution in [0.4, 0.5) is 0 Å². The van der Waals surface area contributed by atoms with Gasteiger partial charge >= 0.3 is 0 Å². The number of nitrogens with one attached hydrogen (secondary N) is 1. The summed E-state index contributed by atoms with van der Waals surface area (Å²) in [5.41, 5.74) is 2.22. The summed E-state index contributed by atoms with van der Waals surface area (Å²) < 4.78 is 11.2. The molecule has 2 heterocycles. The van der Waals surface area contributed by atoms with Gasteiger partial charge in [-0.15, -0.1) is 0 Å². The lowest BCUT2D eigenvalue weighted by atomic mass is 10.00. The zero-order valence-corrected chi connectivity index (χ0v) is 15.7. The van der Waals surface area contributed by atoms with E-state index in [1.807, 2.05) is 24.4 Å². The van der Waals surface area contributed by atoms with Gasteiger partial charge < -0.3 is 34.7 Å². The quantitative estimate of drug-likeness (QED) is 0.601. The molecule has 27 heavy (non-hydrogen) atoms. The van der Waals surface area contributed by atoms with E-state index >= 15 is 0 Å². The van der Waals surface area contributed by atoms with Crippen molar-refractivity contribution in [3.63, 3.8) is 0 Å². The largest absolute Gasteiger partial charge is 0.462 e. The fraction of sp³-hybridized carbons (Fsp3) is 0.600. The minimum Gasteiger partial charge on any atom is -0.462 e. The van der Waals surface area contributed by atoms with Gasteiger partial charge in [-0.3, -0.25) is 0 Å². The summed E-state index contributed by atoms with van der Waals surface area (Å²) in [4.78, 5) is 5.69. The molecule has 0 bridgehead atoms. The molecule has 4 N–H and O–H groups in total. The Morgan fingerprint density at radius 1 is 1.19 bits per heavy atom. The number of hydrogen-bond donors (Lipinski definition) is 4. The summed E-state index contributed by atoms with van der Waals surface area (Å²) in [7, 11) is 2.18. The van der Waals surface area contributed by atoms with E-state index in [0.717, 1.165) is 29.9 Å². The van der Waals surface area contributed by atoms with Crippen LogP contribution in [0, 0.1) is 0 Å². The number of aromatic nitrogens is 1. The average molecular weight is 376 g/mol. The van der Waals surface area contributed by atoms with Gasteiger partial charge in [0.25, 0.3) is 0 Å². The van der Waals surface area contributed by atoms with Crippen LogP contribution in [0.5, 0.6) is 5.75 Å². The molecular weight excluding hydrogens is 348 g/mol. The zero-order valence-electron chi connectivity index (χ0n) is 15.7. The molecule has 4 rings (SSSR count). The van der Waals surface area contributed by atoms with Gasteiger partial charge in [-0.25, -0.2) is 0 Å². The molecule has 1 aliphatic carbocycles. The number of hydrogen-bond acceptors (Lipinski definition) is 6. The number of H-pyrrole nitrogens is 1. The average Bonchev–Trinajstić information content (AvgIpc) is 3.43. The number of aliphatic hydroxyl groups excluding tert-OH is 3. The first-order chi connectivity index (χ1) is 12.9.